The van der Waals surface area contributed by atoms with E-state index in [2.05, 4.69) is 10.3 Å². The van der Waals surface area contributed by atoms with Crippen LogP contribution in [0.1, 0.15) is 12.8 Å². The zero-order chi connectivity index (χ0) is 11.8. The molecule has 1 aliphatic heterocycles. The van der Waals surface area contributed by atoms with E-state index in [4.69, 9.17) is 5.73 Å². The average Bonchev–Trinajstić information content (AvgIpc) is 2.88. The summed E-state index contributed by atoms with van der Waals surface area (Å²) >= 11 is 0. The zero-order valence-corrected chi connectivity index (χ0v) is 9.56. The maximum Gasteiger partial charge on any atom is 0.201 e. The Morgan fingerprint density at radius 2 is 2.41 bits per heavy atom. The number of nitrogen functional groups attached to an aromatic ring is 1. The van der Waals surface area contributed by atoms with Crippen molar-refractivity contribution in [3.05, 3.63) is 18.2 Å². The smallest absolute Gasteiger partial charge is 0.201 e. The number of aromatic hydroxyl groups is 1. The van der Waals surface area contributed by atoms with Gasteiger partial charge in [-0.3, -0.25) is 0 Å². The molecule has 1 atom stereocenters. The number of anilines is 1. The lowest BCUT2D eigenvalue weighted by atomic mass is 10.2. The SMILES string of the molecule is Nc1nc2cc(O)ccc2n1CC1CCCN1. The summed E-state index contributed by atoms with van der Waals surface area (Å²) in [6, 6.07) is 5.65. The first-order valence-electron chi connectivity index (χ1n) is 5.92. The number of hydrogen-bond acceptors (Lipinski definition) is 4. The highest BCUT2D eigenvalue weighted by molar-refractivity contribution is 5.79. The standard InChI is InChI=1S/C12H16N4O/c13-12-15-10-6-9(17)3-4-11(10)16(12)7-8-2-1-5-14-8/h3-4,6,8,14,17H,1-2,5,7H2,(H2,13,15). The number of fused-ring (bicyclic) bond motifs is 1. The predicted octanol–water partition coefficient (Wildman–Crippen LogP) is 1.08. The van der Waals surface area contributed by atoms with E-state index >= 15 is 0 Å². The summed E-state index contributed by atoms with van der Waals surface area (Å²) in [6.45, 7) is 1.92. The van der Waals surface area contributed by atoms with E-state index in [1.165, 1.54) is 12.8 Å². The molecule has 1 aliphatic rings. The van der Waals surface area contributed by atoms with Crippen molar-refractivity contribution in [1.29, 1.82) is 0 Å². The molecule has 1 aromatic carbocycles. The van der Waals surface area contributed by atoms with E-state index in [1.54, 1.807) is 12.1 Å². The summed E-state index contributed by atoms with van der Waals surface area (Å²) < 4.78 is 2.01. The van der Waals surface area contributed by atoms with E-state index < -0.39 is 0 Å². The Morgan fingerprint density at radius 1 is 1.53 bits per heavy atom. The van der Waals surface area contributed by atoms with Gasteiger partial charge in [0.1, 0.15) is 5.75 Å². The van der Waals surface area contributed by atoms with Gasteiger partial charge in [-0.25, -0.2) is 4.98 Å². The van der Waals surface area contributed by atoms with Crippen LogP contribution in [0.5, 0.6) is 5.75 Å². The van der Waals surface area contributed by atoms with Gasteiger partial charge in [-0.15, -0.1) is 0 Å². The van der Waals surface area contributed by atoms with Gasteiger partial charge in [-0.1, -0.05) is 0 Å². The van der Waals surface area contributed by atoms with Gasteiger partial charge in [-0.05, 0) is 31.5 Å². The molecular formula is C12H16N4O. The minimum absolute atomic E-state index is 0.223. The predicted molar refractivity (Wildman–Crippen MR) is 66.8 cm³/mol. The average molecular weight is 232 g/mol. The molecule has 0 aliphatic carbocycles. The fraction of sp³-hybridized carbons (Fsp3) is 0.417. The Balaban J connectivity index is 1.99. The van der Waals surface area contributed by atoms with E-state index in [0.717, 1.165) is 24.1 Å². The molecule has 3 rings (SSSR count). The van der Waals surface area contributed by atoms with Crippen LogP contribution in [0.25, 0.3) is 11.0 Å². The largest absolute Gasteiger partial charge is 0.508 e. The second-order valence-electron chi connectivity index (χ2n) is 4.55. The lowest BCUT2D eigenvalue weighted by molar-refractivity contribution is 0.476. The third kappa shape index (κ3) is 1.82. The van der Waals surface area contributed by atoms with E-state index in [0.29, 0.717) is 12.0 Å². The van der Waals surface area contributed by atoms with Crippen molar-refractivity contribution in [2.24, 2.45) is 0 Å². The van der Waals surface area contributed by atoms with Gasteiger partial charge in [0, 0.05) is 18.7 Å². The van der Waals surface area contributed by atoms with Crippen LogP contribution in [0.15, 0.2) is 18.2 Å². The molecule has 1 fully saturated rings. The van der Waals surface area contributed by atoms with Crippen molar-refractivity contribution >= 4 is 17.0 Å². The van der Waals surface area contributed by atoms with Gasteiger partial charge in [0.05, 0.1) is 11.0 Å². The first-order valence-corrected chi connectivity index (χ1v) is 5.92. The number of hydrogen-bond donors (Lipinski definition) is 3. The molecule has 0 spiro atoms. The Labute approximate surface area is 99.3 Å². The molecule has 1 saturated heterocycles. The summed E-state index contributed by atoms with van der Waals surface area (Å²) in [4.78, 5) is 4.27. The monoisotopic (exact) mass is 232 g/mol. The summed E-state index contributed by atoms with van der Waals surface area (Å²) in [5, 5.41) is 12.9. The molecule has 90 valence electrons. The molecule has 5 nitrogen and oxygen atoms in total. The van der Waals surface area contributed by atoms with Gasteiger partial charge in [0.15, 0.2) is 0 Å². The Kier molecular flexibility index (Phi) is 2.40. The lowest BCUT2D eigenvalue weighted by Crippen LogP contribution is -2.27. The number of aromatic nitrogens is 2. The molecule has 0 amide bonds. The minimum Gasteiger partial charge on any atom is -0.508 e. The molecule has 0 saturated carbocycles. The summed E-state index contributed by atoms with van der Waals surface area (Å²) in [7, 11) is 0. The molecule has 0 radical (unpaired) electrons. The fourth-order valence-corrected chi connectivity index (χ4v) is 2.46. The summed E-state index contributed by atoms with van der Waals surface area (Å²) in [6.07, 6.45) is 2.40. The fourth-order valence-electron chi connectivity index (χ4n) is 2.46. The highest BCUT2D eigenvalue weighted by Crippen LogP contribution is 2.23. The van der Waals surface area contributed by atoms with Crippen molar-refractivity contribution in [1.82, 2.24) is 14.9 Å². The van der Waals surface area contributed by atoms with Crippen LogP contribution in [0, 0.1) is 0 Å². The third-order valence-electron chi connectivity index (χ3n) is 3.33. The maximum atomic E-state index is 9.41. The van der Waals surface area contributed by atoms with E-state index in [1.807, 2.05) is 10.6 Å². The Bertz CT molecular complexity index is 543. The quantitative estimate of drug-likeness (QED) is 0.724. The van der Waals surface area contributed by atoms with E-state index in [-0.39, 0.29) is 5.75 Å². The highest BCUT2D eigenvalue weighted by Gasteiger charge is 2.17. The van der Waals surface area contributed by atoms with Crippen LogP contribution < -0.4 is 11.1 Å². The molecule has 1 aromatic heterocycles. The number of phenols is 1. The van der Waals surface area contributed by atoms with Gasteiger partial charge in [0.25, 0.3) is 0 Å². The van der Waals surface area contributed by atoms with Crippen LogP contribution in [-0.2, 0) is 6.54 Å². The van der Waals surface area contributed by atoms with Crippen LogP contribution in [0.2, 0.25) is 0 Å². The number of benzene rings is 1. The van der Waals surface area contributed by atoms with Crippen molar-refractivity contribution < 1.29 is 5.11 Å². The van der Waals surface area contributed by atoms with Crippen LogP contribution >= 0.6 is 0 Å². The van der Waals surface area contributed by atoms with Gasteiger partial charge in [0.2, 0.25) is 5.95 Å². The lowest BCUT2D eigenvalue weighted by Gasteiger charge is -2.12. The number of nitrogens with one attached hydrogen (secondary N) is 1. The number of phenolic OH excluding ortho intramolecular Hbond substituents is 1. The Morgan fingerprint density at radius 3 is 3.18 bits per heavy atom. The van der Waals surface area contributed by atoms with Gasteiger partial charge >= 0.3 is 0 Å². The number of imidazole rings is 1. The highest BCUT2D eigenvalue weighted by atomic mass is 16.3. The zero-order valence-electron chi connectivity index (χ0n) is 9.56. The number of rotatable bonds is 2. The van der Waals surface area contributed by atoms with Crippen molar-refractivity contribution in [2.45, 2.75) is 25.4 Å². The topological polar surface area (TPSA) is 76.1 Å². The molecule has 1 unspecified atom stereocenters. The normalized spacial score (nSPS) is 20.1. The summed E-state index contributed by atoms with van der Waals surface area (Å²) in [5.41, 5.74) is 7.65. The van der Waals surface area contributed by atoms with Crippen molar-refractivity contribution in [2.75, 3.05) is 12.3 Å². The van der Waals surface area contributed by atoms with Crippen LogP contribution in [0.3, 0.4) is 0 Å². The van der Waals surface area contributed by atoms with Gasteiger partial charge in [-0.2, -0.15) is 0 Å². The van der Waals surface area contributed by atoms with Crippen molar-refractivity contribution in [3.63, 3.8) is 0 Å². The van der Waals surface area contributed by atoms with Gasteiger partial charge < -0.3 is 20.7 Å². The first-order chi connectivity index (χ1) is 8.24. The molecule has 2 aromatic rings. The molecule has 4 N–H and O–H groups in total. The minimum atomic E-state index is 0.223. The Hall–Kier alpha value is -1.75. The summed E-state index contributed by atoms with van der Waals surface area (Å²) in [5.74, 6) is 0.737. The maximum absolute atomic E-state index is 9.41. The van der Waals surface area contributed by atoms with Crippen molar-refractivity contribution in [3.8, 4) is 5.75 Å². The molecule has 2 heterocycles. The number of nitrogens with two attached hydrogens (primary N) is 1. The second kappa shape index (κ2) is 3.92. The first kappa shape index (κ1) is 10.4. The molecular weight excluding hydrogens is 216 g/mol. The molecule has 17 heavy (non-hydrogen) atoms. The second-order valence-corrected chi connectivity index (χ2v) is 4.55. The van der Waals surface area contributed by atoms with Crippen LogP contribution in [0.4, 0.5) is 5.95 Å². The molecule has 0 bridgehead atoms. The van der Waals surface area contributed by atoms with E-state index in [9.17, 15) is 5.11 Å². The van der Waals surface area contributed by atoms with Crippen LogP contribution in [-0.4, -0.2) is 27.2 Å². The molecule has 5 heteroatoms. The number of nitrogens with zero attached hydrogens (tertiary/aromatic N) is 2. The third-order valence-corrected chi connectivity index (χ3v) is 3.33.